The van der Waals surface area contributed by atoms with Gasteiger partial charge in [0.05, 0.1) is 0 Å². The topological polar surface area (TPSA) is 0 Å². The molecule has 1 fully saturated rings. The van der Waals surface area contributed by atoms with Crippen LogP contribution in [0.4, 0.5) is 0 Å². The summed E-state index contributed by atoms with van der Waals surface area (Å²) in [6.45, 7) is 5.45. The van der Waals surface area contributed by atoms with Crippen LogP contribution in [-0.2, 0) is 0 Å². The molecule has 70 valence electrons. The lowest BCUT2D eigenvalue weighted by Crippen LogP contribution is -2.05. The average molecular weight is 166 g/mol. The molecule has 0 aromatic rings. The van der Waals surface area contributed by atoms with Gasteiger partial charge in [0, 0.05) is 0 Å². The molecule has 1 aliphatic rings. The summed E-state index contributed by atoms with van der Waals surface area (Å²) < 4.78 is 0. The normalized spacial score (nSPS) is 19.8. The number of rotatable bonds is 5. The highest BCUT2D eigenvalue weighted by atomic mass is 14.2. The first-order valence-electron chi connectivity index (χ1n) is 5.63. The fourth-order valence-electron chi connectivity index (χ4n) is 2.23. The van der Waals surface area contributed by atoms with Crippen LogP contribution in [0.5, 0.6) is 0 Å². The van der Waals surface area contributed by atoms with Crippen LogP contribution in [0.2, 0.25) is 0 Å². The second-order valence-electron chi connectivity index (χ2n) is 4.14. The largest absolute Gasteiger partial charge is 0.0533 e. The van der Waals surface area contributed by atoms with E-state index in [1.54, 1.807) is 0 Å². The third-order valence-corrected chi connectivity index (χ3v) is 3.04. The SMILES string of the molecule is [CH]CCCCCC1CCCCC1. The number of hydrogen-bond donors (Lipinski definition) is 0. The summed E-state index contributed by atoms with van der Waals surface area (Å²) in [5.74, 6) is 1.07. The van der Waals surface area contributed by atoms with E-state index in [4.69, 9.17) is 6.92 Å². The van der Waals surface area contributed by atoms with Crippen molar-refractivity contribution in [2.75, 3.05) is 0 Å². The van der Waals surface area contributed by atoms with Gasteiger partial charge in [-0.1, -0.05) is 57.8 Å². The summed E-state index contributed by atoms with van der Waals surface area (Å²) in [4.78, 5) is 0. The first-order chi connectivity index (χ1) is 5.93. The van der Waals surface area contributed by atoms with Gasteiger partial charge in [0.1, 0.15) is 0 Å². The van der Waals surface area contributed by atoms with Crippen molar-refractivity contribution in [3.8, 4) is 0 Å². The maximum atomic E-state index is 5.45. The zero-order chi connectivity index (χ0) is 8.65. The Morgan fingerprint density at radius 1 is 0.917 bits per heavy atom. The highest BCUT2D eigenvalue weighted by Gasteiger charge is 2.11. The molecule has 1 aliphatic carbocycles. The van der Waals surface area contributed by atoms with Gasteiger partial charge in [-0.15, -0.1) is 0 Å². The Labute approximate surface area is 77.7 Å². The predicted octanol–water partition coefficient (Wildman–Crippen LogP) is 4.23. The molecule has 1 saturated carbocycles. The summed E-state index contributed by atoms with van der Waals surface area (Å²) in [5.41, 5.74) is 0. The Hall–Kier alpha value is 0. The number of hydrogen-bond acceptors (Lipinski definition) is 0. The smallest absolute Gasteiger partial charge is 0.0352 e. The van der Waals surface area contributed by atoms with Crippen molar-refractivity contribution in [1.29, 1.82) is 0 Å². The summed E-state index contributed by atoms with van der Waals surface area (Å²) in [6.07, 6.45) is 13.8. The Morgan fingerprint density at radius 2 is 1.67 bits per heavy atom. The lowest BCUT2D eigenvalue weighted by molar-refractivity contribution is 0.329. The fraction of sp³-hybridized carbons (Fsp3) is 0.917. The van der Waals surface area contributed by atoms with E-state index in [0.717, 1.165) is 12.3 Å². The summed E-state index contributed by atoms with van der Waals surface area (Å²) in [5, 5.41) is 0. The summed E-state index contributed by atoms with van der Waals surface area (Å²) >= 11 is 0. The molecule has 0 aromatic heterocycles. The average Bonchev–Trinajstić information content (AvgIpc) is 2.14. The van der Waals surface area contributed by atoms with E-state index in [1.165, 1.54) is 57.8 Å². The van der Waals surface area contributed by atoms with E-state index in [0.29, 0.717) is 0 Å². The zero-order valence-electron chi connectivity index (χ0n) is 8.23. The van der Waals surface area contributed by atoms with Crippen LogP contribution in [0.15, 0.2) is 0 Å². The van der Waals surface area contributed by atoms with Crippen LogP contribution in [0.1, 0.15) is 64.2 Å². The molecule has 0 bridgehead atoms. The molecular weight excluding hydrogens is 144 g/mol. The molecule has 0 N–H and O–H groups in total. The van der Waals surface area contributed by atoms with Gasteiger partial charge in [0.25, 0.3) is 0 Å². The van der Waals surface area contributed by atoms with Crippen molar-refractivity contribution in [3.05, 3.63) is 6.92 Å². The molecule has 0 aliphatic heterocycles. The Kier molecular flexibility index (Phi) is 5.47. The third kappa shape index (κ3) is 4.13. The molecule has 0 nitrogen and oxygen atoms in total. The molecule has 0 heteroatoms. The standard InChI is InChI=1S/C12H22/c1-2-3-4-6-9-12-10-7-5-8-11-12/h1,12H,2-11H2. The second kappa shape index (κ2) is 6.51. The van der Waals surface area contributed by atoms with E-state index >= 15 is 0 Å². The van der Waals surface area contributed by atoms with Crippen LogP contribution in [-0.4, -0.2) is 0 Å². The van der Waals surface area contributed by atoms with Crippen molar-refractivity contribution in [3.63, 3.8) is 0 Å². The van der Waals surface area contributed by atoms with Crippen LogP contribution in [0.25, 0.3) is 0 Å². The molecule has 0 spiro atoms. The summed E-state index contributed by atoms with van der Waals surface area (Å²) in [6, 6.07) is 0. The van der Waals surface area contributed by atoms with Crippen LogP contribution >= 0.6 is 0 Å². The van der Waals surface area contributed by atoms with Gasteiger partial charge in [-0.25, -0.2) is 0 Å². The van der Waals surface area contributed by atoms with Gasteiger partial charge in [-0.05, 0) is 19.3 Å². The van der Waals surface area contributed by atoms with Crippen molar-refractivity contribution >= 4 is 0 Å². The minimum atomic E-state index is 0.880. The molecule has 0 saturated heterocycles. The summed E-state index contributed by atoms with van der Waals surface area (Å²) in [7, 11) is 0. The van der Waals surface area contributed by atoms with Crippen molar-refractivity contribution in [2.24, 2.45) is 5.92 Å². The maximum absolute atomic E-state index is 5.45. The first-order valence-corrected chi connectivity index (χ1v) is 5.63. The third-order valence-electron chi connectivity index (χ3n) is 3.04. The molecule has 12 heavy (non-hydrogen) atoms. The Morgan fingerprint density at radius 3 is 2.33 bits per heavy atom. The van der Waals surface area contributed by atoms with E-state index in [9.17, 15) is 0 Å². The molecule has 0 unspecified atom stereocenters. The van der Waals surface area contributed by atoms with Crippen molar-refractivity contribution in [2.45, 2.75) is 64.2 Å². The lowest BCUT2D eigenvalue weighted by atomic mass is 9.85. The first kappa shape index (κ1) is 10.1. The lowest BCUT2D eigenvalue weighted by Gasteiger charge is -2.21. The molecular formula is C12H22. The van der Waals surface area contributed by atoms with Crippen LogP contribution < -0.4 is 0 Å². The monoisotopic (exact) mass is 166 g/mol. The van der Waals surface area contributed by atoms with Crippen molar-refractivity contribution < 1.29 is 0 Å². The fourth-order valence-corrected chi connectivity index (χ4v) is 2.23. The highest BCUT2D eigenvalue weighted by molar-refractivity contribution is 4.65. The molecule has 1 rings (SSSR count). The Bertz CT molecular complexity index is 90.2. The quantitative estimate of drug-likeness (QED) is 0.536. The van der Waals surface area contributed by atoms with Gasteiger partial charge in [-0.2, -0.15) is 0 Å². The van der Waals surface area contributed by atoms with Gasteiger partial charge >= 0.3 is 0 Å². The van der Waals surface area contributed by atoms with Crippen LogP contribution in [0, 0.1) is 12.8 Å². The van der Waals surface area contributed by atoms with E-state index in [-0.39, 0.29) is 0 Å². The van der Waals surface area contributed by atoms with Gasteiger partial charge in [-0.3, -0.25) is 0 Å². The van der Waals surface area contributed by atoms with Gasteiger partial charge in [0.15, 0.2) is 0 Å². The molecule has 0 atom stereocenters. The Balaban J connectivity index is 1.91. The molecule has 0 heterocycles. The van der Waals surface area contributed by atoms with Gasteiger partial charge in [0.2, 0.25) is 0 Å². The van der Waals surface area contributed by atoms with Crippen molar-refractivity contribution in [1.82, 2.24) is 0 Å². The van der Waals surface area contributed by atoms with E-state index in [1.807, 2.05) is 0 Å². The number of unbranched alkanes of at least 4 members (excludes halogenated alkanes) is 3. The minimum absolute atomic E-state index is 0.880. The predicted molar refractivity (Wildman–Crippen MR) is 54.0 cm³/mol. The molecule has 2 radical (unpaired) electrons. The minimum Gasteiger partial charge on any atom is -0.0533 e. The maximum Gasteiger partial charge on any atom is -0.0352 e. The highest BCUT2D eigenvalue weighted by Crippen LogP contribution is 2.27. The molecule has 0 amide bonds. The van der Waals surface area contributed by atoms with Gasteiger partial charge < -0.3 is 0 Å². The zero-order valence-corrected chi connectivity index (χ0v) is 8.23. The second-order valence-corrected chi connectivity index (χ2v) is 4.14. The van der Waals surface area contributed by atoms with E-state index < -0.39 is 0 Å². The van der Waals surface area contributed by atoms with Crippen LogP contribution in [0.3, 0.4) is 0 Å². The molecule has 0 aromatic carbocycles. The van der Waals surface area contributed by atoms with E-state index in [2.05, 4.69) is 0 Å².